The molecule has 0 saturated carbocycles. The van der Waals surface area contributed by atoms with Gasteiger partial charge in [-0.2, -0.15) is 0 Å². The minimum atomic E-state index is -0.108. The van der Waals surface area contributed by atoms with Crippen molar-refractivity contribution in [3.05, 3.63) is 70.3 Å². The molecule has 3 nitrogen and oxygen atoms in total. The molecule has 23 heavy (non-hydrogen) atoms. The molecule has 0 radical (unpaired) electrons. The maximum Gasteiger partial charge on any atom is 0.277 e. The Labute approximate surface area is 138 Å². The van der Waals surface area contributed by atoms with E-state index < -0.39 is 0 Å². The quantitative estimate of drug-likeness (QED) is 0.773. The van der Waals surface area contributed by atoms with E-state index in [1.807, 2.05) is 37.3 Å². The highest BCUT2D eigenvalue weighted by atomic mass is 16.7. The average Bonchev–Trinajstić information content (AvgIpc) is 2.52. The predicted molar refractivity (Wildman–Crippen MR) is 93.4 cm³/mol. The van der Waals surface area contributed by atoms with Gasteiger partial charge in [-0.1, -0.05) is 35.9 Å². The van der Waals surface area contributed by atoms with Gasteiger partial charge in [0.1, 0.15) is 0 Å². The molecule has 1 unspecified atom stereocenters. The molecule has 0 fully saturated rings. The molecule has 122 valence electrons. The van der Waals surface area contributed by atoms with Gasteiger partial charge >= 0.3 is 0 Å². The van der Waals surface area contributed by atoms with E-state index >= 15 is 0 Å². The Morgan fingerprint density at radius 3 is 2.17 bits per heavy atom. The van der Waals surface area contributed by atoms with E-state index in [9.17, 15) is 4.79 Å². The van der Waals surface area contributed by atoms with Crippen LogP contribution in [0.5, 0.6) is 0 Å². The number of rotatable bonds is 5. The van der Waals surface area contributed by atoms with Gasteiger partial charge in [-0.3, -0.25) is 9.63 Å². The number of carbonyl (C=O) groups excluding carboxylic acids is 1. The summed E-state index contributed by atoms with van der Waals surface area (Å²) in [5, 5.41) is 1.47. The van der Waals surface area contributed by atoms with Crippen LogP contribution >= 0.6 is 0 Å². The number of aryl methyl sites for hydroxylation is 3. The lowest BCUT2D eigenvalue weighted by molar-refractivity contribution is -0.119. The third-order valence-electron chi connectivity index (χ3n) is 4.16. The standard InChI is InChI=1S/C20H25NO2/c1-14-11-15(2)19(16(3)12-14)13-17(4)21(23-5)20(22)18-9-7-6-8-10-18/h6-12,17H,13H2,1-5H3. The van der Waals surface area contributed by atoms with Crippen molar-refractivity contribution >= 4 is 5.91 Å². The van der Waals surface area contributed by atoms with Gasteiger partial charge in [0, 0.05) is 5.56 Å². The van der Waals surface area contributed by atoms with Crippen molar-refractivity contribution in [3.63, 3.8) is 0 Å². The van der Waals surface area contributed by atoms with Crippen LogP contribution in [0.2, 0.25) is 0 Å². The predicted octanol–water partition coefficient (Wildman–Crippen LogP) is 4.25. The third kappa shape index (κ3) is 3.99. The summed E-state index contributed by atoms with van der Waals surface area (Å²) < 4.78 is 0. The summed E-state index contributed by atoms with van der Waals surface area (Å²) in [6.45, 7) is 8.37. The summed E-state index contributed by atoms with van der Waals surface area (Å²) >= 11 is 0. The average molecular weight is 311 g/mol. The molecule has 0 heterocycles. The van der Waals surface area contributed by atoms with Crippen molar-refractivity contribution in [2.24, 2.45) is 0 Å². The molecule has 1 amide bonds. The van der Waals surface area contributed by atoms with Crippen molar-refractivity contribution in [2.75, 3.05) is 7.11 Å². The molecule has 1 atom stereocenters. The van der Waals surface area contributed by atoms with Gasteiger partial charge < -0.3 is 0 Å². The number of amides is 1. The minimum Gasteiger partial charge on any atom is -0.274 e. The summed E-state index contributed by atoms with van der Waals surface area (Å²) in [5.74, 6) is -0.108. The highest BCUT2D eigenvalue weighted by molar-refractivity contribution is 5.93. The van der Waals surface area contributed by atoms with E-state index in [0.29, 0.717) is 5.56 Å². The molecule has 2 aromatic rings. The van der Waals surface area contributed by atoms with E-state index in [-0.39, 0.29) is 11.9 Å². The summed E-state index contributed by atoms with van der Waals surface area (Å²) in [6, 6.07) is 13.6. The van der Waals surface area contributed by atoms with Crippen molar-refractivity contribution in [2.45, 2.75) is 40.2 Å². The molecular weight excluding hydrogens is 286 g/mol. The van der Waals surface area contributed by atoms with E-state index in [1.165, 1.54) is 27.3 Å². The Morgan fingerprint density at radius 1 is 1.09 bits per heavy atom. The maximum atomic E-state index is 12.6. The van der Waals surface area contributed by atoms with E-state index in [2.05, 4.69) is 32.9 Å². The zero-order valence-electron chi connectivity index (χ0n) is 14.6. The molecule has 0 aliphatic carbocycles. The maximum absolute atomic E-state index is 12.6. The molecule has 0 saturated heterocycles. The van der Waals surface area contributed by atoms with Gasteiger partial charge in [0.2, 0.25) is 0 Å². The van der Waals surface area contributed by atoms with Crippen molar-refractivity contribution in [3.8, 4) is 0 Å². The lowest BCUT2D eigenvalue weighted by Crippen LogP contribution is -2.39. The van der Waals surface area contributed by atoms with E-state index in [4.69, 9.17) is 4.84 Å². The Hall–Kier alpha value is -2.13. The van der Waals surface area contributed by atoms with Gasteiger partial charge in [-0.15, -0.1) is 0 Å². The SMILES string of the molecule is CON(C(=O)c1ccccc1)C(C)Cc1c(C)cc(C)cc1C. The van der Waals surface area contributed by atoms with Crippen LogP contribution in [-0.2, 0) is 11.3 Å². The zero-order valence-corrected chi connectivity index (χ0v) is 14.6. The molecular formula is C20H25NO2. The fourth-order valence-electron chi connectivity index (χ4n) is 3.08. The largest absolute Gasteiger partial charge is 0.277 e. The highest BCUT2D eigenvalue weighted by Gasteiger charge is 2.23. The summed E-state index contributed by atoms with van der Waals surface area (Å²) in [4.78, 5) is 18.0. The number of carbonyl (C=O) groups is 1. The first-order chi connectivity index (χ1) is 10.9. The number of nitrogens with zero attached hydrogens (tertiary/aromatic N) is 1. The monoisotopic (exact) mass is 311 g/mol. The Bertz CT molecular complexity index is 656. The molecule has 0 bridgehead atoms. The Morgan fingerprint density at radius 2 is 1.65 bits per heavy atom. The second kappa shape index (κ2) is 7.42. The van der Waals surface area contributed by atoms with Crippen LogP contribution in [0.3, 0.4) is 0 Å². The molecule has 2 rings (SSSR count). The van der Waals surface area contributed by atoms with Gasteiger partial charge in [-0.25, -0.2) is 5.06 Å². The lowest BCUT2D eigenvalue weighted by Gasteiger charge is -2.28. The fraction of sp³-hybridized carbons (Fsp3) is 0.350. The first kappa shape index (κ1) is 17.2. The van der Waals surface area contributed by atoms with Crippen molar-refractivity contribution < 1.29 is 9.63 Å². The Kier molecular flexibility index (Phi) is 5.56. The highest BCUT2D eigenvalue weighted by Crippen LogP contribution is 2.20. The van der Waals surface area contributed by atoms with Crippen LogP contribution < -0.4 is 0 Å². The summed E-state index contributed by atoms with van der Waals surface area (Å²) in [7, 11) is 1.55. The third-order valence-corrected chi connectivity index (χ3v) is 4.16. The molecule has 0 N–H and O–H groups in total. The number of hydrogen-bond acceptors (Lipinski definition) is 2. The summed E-state index contributed by atoms with van der Waals surface area (Å²) in [6.07, 6.45) is 0.768. The van der Waals surface area contributed by atoms with Crippen LogP contribution in [-0.4, -0.2) is 24.1 Å². The molecule has 0 aliphatic rings. The molecule has 0 aliphatic heterocycles. The minimum absolute atomic E-state index is 0.0483. The van der Waals surface area contributed by atoms with E-state index in [1.54, 1.807) is 7.11 Å². The molecule has 2 aromatic carbocycles. The Balaban J connectivity index is 2.21. The van der Waals surface area contributed by atoms with Crippen molar-refractivity contribution in [1.82, 2.24) is 5.06 Å². The van der Waals surface area contributed by atoms with Gasteiger partial charge in [0.25, 0.3) is 5.91 Å². The van der Waals surface area contributed by atoms with Crippen LogP contribution in [0, 0.1) is 20.8 Å². The fourth-order valence-corrected chi connectivity index (χ4v) is 3.08. The number of benzene rings is 2. The van der Waals surface area contributed by atoms with Gasteiger partial charge in [0.05, 0.1) is 13.2 Å². The van der Waals surface area contributed by atoms with Crippen LogP contribution in [0.1, 0.15) is 39.5 Å². The van der Waals surface area contributed by atoms with Crippen LogP contribution in [0.15, 0.2) is 42.5 Å². The first-order valence-electron chi connectivity index (χ1n) is 7.93. The topological polar surface area (TPSA) is 29.5 Å². The first-order valence-corrected chi connectivity index (χ1v) is 7.93. The van der Waals surface area contributed by atoms with Crippen LogP contribution in [0.25, 0.3) is 0 Å². The number of hydrogen-bond donors (Lipinski definition) is 0. The zero-order chi connectivity index (χ0) is 17.0. The summed E-state index contributed by atoms with van der Waals surface area (Å²) in [5.41, 5.74) is 5.71. The smallest absolute Gasteiger partial charge is 0.274 e. The molecule has 3 heteroatoms. The van der Waals surface area contributed by atoms with Crippen molar-refractivity contribution in [1.29, 1.82) is 0 Å². The lowest BCUT2D eigenvalue weighted by atomic mass is 9.94. The van der Waals surface area contributed by atoms with Gasteiger partial charge in [-0.05, 0) is 62.9 Å². The number of hydroxylamine groups is 2. The van der Waals surface area contributed by atoms with Gasteiger partial charge in [0.15, 0.2) is 0 Å². The second-order valence-electron chi connectivity index (χ2n) is 6.11. The molecule has 0 aromatic heterocycles. The van der Waals surface area contributed by atoms with Crippen LogP contribution in [0.4, 0.5) is 0 Å². The second-order valence-corrected chi connectivity index (χ2v) is 6.11. The normalized spacial score (nSPS) is 12.0. The van der Waals surface area contributed by atoms with E-state index in [0.717, 1.165) is 6.42 Å². The molecule has 0 spiro atoms.